The van der Waals surface area contributed by atoms with E-state index in [9.17, 15) is 4.79 Å². The first kappa shape index (κ1) is 11.9. The maximum atomic E-state index is 11.6. The lowest BCUT2D eigenvalue weighted by Crippen LogP contribution is -2.39. The molecule has 1 heterocycles. The molecule has 1 aromatic heterocycles. The van der Waals surface area contributed by atoms with Gasteiger partial charge in [0.1, 0.15) is 5.69 Å². The standard InChI is InChI=1S/C9H16N4OS/c1-6(4-13(2)3)11-8(14)7-5-15-9(10)12-7/h5-6H,4H2,1-3H3,(H2,10,12)(H,11,14). The van der Waals surface area contributed by atoms with Crippen LogP contribution in [0.3, 0.4) is 0 Å². The highest BCUT2D eigenvalue weighted by Crippen LogP contribution is 2.10. The zero-order valence-corrected chi connectivity index (χ0v) is 9.97. The smallest absolute Gasteiger partial charge is 0.271 e. The van der Waals surface area contributed by atoms with E-state index in [1.54, 1.807) is 5.38 Å². The number of hydrogen-bond donors (Lipinski definition) is 2. The summed E-state index contributed by atoms with van der Waals surface area (Å²) in [5, 5.41) is 4.93. The fraction of sp³-hybridized carbons (Fsp3) is 0.556. The van der Waals surface area contributed by atoms with Crippen molar-refractivity contribution < 1.29 is 4.79 Å². The number of thiazole rings is 1. The molecule has 0 radical (unpaired) electrons. The maximum absolute atomic E-state index is 11.6. The lowest BCUT2D eigenvalue weighted by atomic mass is 10.3. The molecule has 1 atom stereocenters. The second kappa shape index (κ2) is 5.09. The van der Waals surface area contributed by atoms with Gasteiger partial charge in [-0.3, -0.25) is 4.79 Å². The van der Waals surface area contributed by atoms with Gasteiger partial charge in [-0.15, -0.1) is 11.3 Å². The molecule has 0 bridgehead atoms. The fourth-order valence-electron chi connectivity index (χ4n) is 1.28. The molecule has 15 heavy (non-hydrogen) atoms. The molecule has 1 aromatic rings. The van der Waals surface area contributed by atoms with Crippen LogP contribution in [0.15, 0.2) is 5.38 Å². The van der Waals surface area contributed by atoms with E-state index in [1.807, 2.05) is 25.9 Å². The number of nitrogen functional groups attached to an aromatic ring is 1. The minimum Gasteiger partial charge on any atom is -0.375 e. The van der Waals surface area contributed by atoms with Crippen molar-refractivity contribution in [1.29, 1.82) is 0 Å². The Balaban J connectivity index is 2.49. The highest BCUT2D eigenvalue weighted by Gasteiger charge is 2.12. The predicted molar refractivity (Wildman–Crippen MR) is 62.0 cm³/mol. The van der Waals surface area contributed by atoms with Crippen LogP contribution >= 0.6 is 11.3 Å². The summed E-state index contributed by atoms with van der Waals surface area (Å²) in [5.41, 5.74) is 5.84. The molecule has 0 aromatic carbocycles. The number of aromatic nitrogens is 1. The Labute approximate surface area is 93.3 Å². The average Bonchev–Trinajstić information content (AvgIpc) is 2.49. The third-order valence-corrected chi connectivity index (χ3v) is 2.44. The highest BCUT2D eigenvalue weighted by molar-refractivity contribution is 7.13. The summed E-state index contributed by atoms with van der Waals surface area (Å²) >= 11 is 1.27. The van der Waals surface area contributed by atoms with Crippen LogP contribution in [0, 0.1) is 0 Å². The fourth-order valence-corrected chi connectivity index (χ4v) is 1.83. The molecule has 5 nitrogen and oxygen atoms in total. The van der Waals surface area contributed by atoms with Crippen LogP contribution in [0.4, 0.5) is 5.13 Å². The van der Waals surface area contributed by atoms with Gasteiger partial charge in [-0.1, -0.05) is 0 Å². The molecule has 0 fully saturated rings. The Morgan fingerprint density at radius 1 is 1.73 bits per heavy atom. The lowest BCUT2D eigenvalue weighted by Gasteiger charge is -2.17. The molecule has 0 saturated heterocycles. The van der Waals surface area contributed by atoms with E-state index in [4.69, 9.17) is 5.73 Å². The summed E-state index contributed by atoms with van der Waals surface area (Å²) in [6, 6.07) is 0.0930. The van der Waals surface area contributed by atoms with E-state index in [1.165, 1.54) is 11.3 Å². The summed E-state index contributed by atoms with van der Waals surface area (Å²) in [6.07, 6.45) is 0. The molecule has 3 N–H and O–H groups in total. The average molecular weight is 228 g/mol. The summed E-state index contributed by atoms with van der Waals surface area (Å²) in [7, 11) is 3.92. The van der Waals surface area contributed by atoms with Gasteiger partial charge in [0.2, 0.25) is 0 Å². The van der Waals surface area contributed by atoms with Crippen molar-refractivity contribution in [1.82, 2.24) is 15.2 Å². The SMILES string of the molecule is CC(CN(C)C)NC(=O)c1csc(N)n1. The Kier molecular flexibility index (Phi) is 4.05. The first-order valence-corrected chi connectivity index (χ1v) is 5.53. The molecule has 0 aliphatic rings. The van der Waals surface area contributed by atoms with Gasteiger partial charge in [-0.05, 0) is 21.0 Å². The molecule has 84 valence electrons. The van der Waals surface area contributed by atoms with Crippen molar-refractivity contribution in [3.8, 4) is 0 Å². The first-order chi connectivity index (χ1) is 6.99. The molecule has 0 aliphatic heterocycles. The molecular weight excluding hydrogens is 212 g/mol. The van der Waals surface area contributed by atoms with Crippen molar-refractivity contribution >= 4 is 22.4 Å². The normalized spacial score (nSPS) is 12.8. The predicted octanol–water partition coefficient (Wildman–Crippen LogP) is 0.405. The lowest BCUT2D eigenvalue weighted by molar-refractivity contribution is 0.0930. The molecule has 0 aliphatic carbocycles. The van der Waals surface area contributed by atoms with Crippen molar-refractivity contribution in [3.05, 3.63) is 11.1 Å². The molecule has 1 amide bonds. The molecule has 1 rings (SSSR count). The number of likely N-dealkylation sites (N-methyl/N-ethyl adjacent to an activating group) is 1. The summed E-state index contributed by atoms with van der Waals surface area (Å²) in [5.74, 6) is -0.169. The Bertz CT molecular complexity index is 337. The first-order valence-electron chi connectivity index (χ1n) is 4.65. The van der Waals surface area contributed by atoms with Gasteiger partial charge in [0.15, 0.2) is 5.13 Å². The molecule has 1 unspecified atom stereocenters. The van der Waals surface area contributed by atoms with Crippen molar-refractivity contribution in [2.75, 3.05) is 26.4 Å². The van der Waals surface area contributed by atoms with E-state index < -0.39 is 0 Å². The number of amides is 1. The third kappa shape index (κ3) is 3.85. The molecule has 0 spiro atoms. The van der Waals surface area contributed by atoms with Gasteiger partial charge in [0, 0.05) is 18.0 Å². The number of carbonyl (C=O) groups excluding carboxylic acids is 1. The number of carbonyl (C=O) groups is 1. The maximum Gasteiger partial charge on any atom is 0.271 e. The largest absolute Gasteiger partial charge is 0.375 e. The third-order valence-electron chi connectivity index (χ3n) is 1.77. The Morgan fingerprint density at radius 3 is 2.87 bits per heavy atom. The van der Waals surface area contributed by atoms with Crippen LogP contribution in [-0.4, -0.2) is 42.5 Å². The second-order valence-electron chi connectivity index (χ2n) is 3.71. The van der Waals surface area contributed by atoms with Crippen molar-refractivity contribution in [2.24, 2.45) is 0 Å². The second-order valence-corrected chi connectivity index (χ2v) is 4.60. The highest BCUT2D eigenvalue weighted by atomic mass is 32.1. The number of nitrogens with one attached hydrogen (secondary N) is 1. The zero-order valence-electron chi connectivity index (χ0n) is 9.15. The number of rotatable bonds is 4. The minimum absolute atomic E-state index is 0.0930. The van der Waals surface area contributed by atoms with E-state index >= 15 is 0 Å². The van der Waals surface area contributed by atoms with Gasteiger partial charge >= 0.3 is 0 Å². The minimum atomic E-state index is -0.169. The van der Waals surface area contributed by atoms with Crippen molar-refractivity contribution in [2.45, 2.75) is 13.0 Å². The summed E-state index contributed by atoms with van der Waals surface area (Å²) in [6.45, 7) is 2.75. The van der Waals surface area contributed by atoms with Crippen LogP contribution in [-0.2, 0) is 0 Å². The topological polar surface area (TPSA) is 71.2 Å². The monoisotopic (exact) mass is 228 g/mol. The van der Waals surface area contributed by atoms with Gasteiger partial charge < -0.3 is 16.0 Å². The van der Waals surface area contributed by atoms with E-state index in [2.05, 4.69) is 10.3 Å². The molecule has 0 saturated carbocycles. The Morgan fingerprint density at radius 2 is 2.40 bits per heavy atom. The quantitative estimate of drug-likeness (QED) is 0.783. The van der Waals surface area contributed by atoms with Crippen LogP contribution in [0.1, 0.15) is 17.4 Å². The van der Waals surface area contributed by atoms with Crippen molar-refractivity contribution in [3.63, 3.8) is 0 Å². The Hall–Kier alpha value is -1.14. The zero-order chi connectivity index (χ0) is 11.4. The molecular formula is C9H16N4OS. The van der Waals surface area contributed by atoms with E-state index in [-0.39, 0.29) is 11.9 Å². The summed E-state index contributed by atoms with van der Waals surface area (Å²) in [4.78, 5) is 17.5. The number of nitrogens with two attached hydrogens (primary N) is 1. The number of nitrogens with zero attached hydrogens (tertiary/aromatic N) is 2. The van der Waals surface area contributed by atoms with Gasteiger partial charge in [-0.25, -0.2) is 4.98 Å². The van der Waals surface area contributed by atoms with Gasteiger partial charge in [0.05, 0.1) is 0 Å². The van der Waals surface area contributed by atoms with Crippen LogP contribution in [0.25, 0.3) is 0 Å². The van der Waals surface area contributed by atoms with Crippen LogP contribution in [0.5, 0.6) is 0 Å². The number of hydrogen-bond acceptors (Lipinski definition) is 5. The van der Waals surface area contributed by atoms with Gasteiger partial charge in [0.25, 0.3) is 5.91 Å². The number of anilines is 1. The van der Waals surface area contributed by atoms with Crippen LogP contribution in [0.2, 0.25) is 0 Å². The van der Waals surface area contributed by atoms with E-state index in [0.717, 1.165) is 6.54 Å². The van der Waals surface area contributed by atoms with Crippen LogP contribution < -0.4 is 11.1 Å². The van der Waals surface area contributed by atoms with E-state index in [0.29, 0.717) is 10.8 Å². The van der Waals surface area contributed by atoms with Gasteiger partial charge in [-0.2, -0.15) is 0 Å². The molecule has 6 heteroatoms. The summed E-state index contributed by atoms with van der Waals surface area (Å²) < 4.78 is 0.